The van der Waals surface area contributed by atoms with E-state index >= 15 is 0 Å². The number of fused-ring (bicyclic) bond motifs is 1. The topological polar surface area (TPSA) is 9.23 Å². The largest absolute Gasteiger partial charge is 0.372 e. The van der Waals surface area contributed by atoms with Crippen LogP contribution in [0.5, 0.6) is 0 Å². The second kappa shape index (κ2) is 4.45. The van der Waals surface area contributed by atoms with E-state index < -0.39 is 0 Å². The van der Waals surface area contributed by atoms with Gasteiger partial charge in [0.25, 0.3) is 0 Å². The predicted octanol–water partition coefficient (Wildman–Crippen LogP) is 4.41. The summed E-state index contributed by atoms with van der Waals surface area (Å²) in [7, 11) is 0. The zero-order chi connectivity index (χ0) is 11.8. The Balaban J connectivity index is 1.97. The van der Waals surface area contributed by atoms with Crippen molar-refractivity contribution in [1.82, 2.24) is 0 Å². The lowest BCUT2D eigenvalue weighted by molar-refractivity contribution is 0.134. The number of rotatable bonds is 2. The van der Waals surface area contributed by atoms with Crippen LogP contribution in [0.4, 0.5) is 0 Å². The number of aryl methyl sites for hydroxylation is 1. The molecule has 88 valence electrons. The first kappa shape index (κ1) is 11.3. The molecule has 0 saturated heterocycles. The molecule has 0 aliphatic carbocycles. The van der Waals surface area contributed by atoms with Crippen molar-refractivity contribution in [2.24, 2.45) is 0 Å². The van der Waals surface area contributed by atoms with Crippen molar-refractivity contribution in [3.05, 3.63) is 56.8 Å². The van der Waals surface area contributed by atoms with Crippen molar-refractivity contribution in [1.29, 1.82) is 0 Å². The average molecular weight is 265 g/mol. The van der Waals surface area contributed by atoms with Gasteiger partial charge in [0.1, 0.15) is 0 Å². The van der Waals surface area contributed by atoms with Gasteiger partial charge in [-0.15, -0.1) is 11.6 Å². The highest BCUT2D eigenvalue weighted by molar-refractivity contribution is 7.08. The van der Waals surface area contributed by atoms with Crippen molar-refractivity contribution in [2.75, 3.05) is 0 Å². The Morgan fingerprint density at radius 3 is 2.82 bits per heavy atom. The Morgan fingerprint density at radius 1 is 1.24 bits per heavy atom. The molecule has 3 rings (SSSR count). The quantitative estimate of drug-likeness (QED) is 0.730. The summed E-state index contributed by atoms with van der Waals surface area (Å²) in [6, 6.07) is 6.42. The normalized spacial score (nSPS) is 15.9. The maximum absolute atomic E-state index is 6.55. The van der Waals surface area contributed by atoms with Crippen LogP contribution in [0, 0.1) is 6.92 Å². The summed E-state index contributed by atoms with van der Waals surface area (Å²) in [5.74, 6) is 0. The second-order valence-corrected chi connectivity index (χ2v) is 5.57. The van der Waals surface area contributed by atoms with Crippen molar-refractivity contribution in [3.63, 3.8) is 0 Å². The molecular weight excluding hydrogens is 252 g/mol. The maximum Gasteiger partial charge on any atom is 0.0846 e. The van der Waals surface area contributed by atoms with Crippen LogP contribution in [-0.4, -0.2) is 0 Å². The third-order valence-corrected chi connectivity index (χ3v) is 4.57. The molecule has 1 aromatic carbocycles. The molecule has 1 nitrogen and oxygen atoms in total. The van der Waals surface area contributed by atoms with E-state index in [0.717, 1.165) is 18.8 Å². The minimum atomic E-state index is -0.0489. The summed E-state index contributed by atoms with van der Waals surface area (Å²) < 4.78 is 5.42. The Labute approximate surface area is 110 Å². The zero-order valence-electron chi connectivity index (χ0n) is 9.57. The van der Waals surface area contributed by atoms with E-state index in [1.54, 1.807) is 11.3 Å². The van der Waals surface area contributed by atoms with Crippen molar-refractivity contribution in [3.8, 4) is 0 Å². The molecule has 2 heterocycles. The number of hydrogen-bond donors (Lipinski definition) is 0. The standard InChI is InChI=1S/C14H13ClOS/c1-9-7-17-8-13(9)14(15)10-2-3-11-5-16-6-12(11)4-10/h2-4,7-8,14H,5-6H2,1H3. The summed E-state index contributed by atoms with van der Waals surface area (Å²) in [6.45, 7) is 3.56. The Bertz CT molecular complexity index is 547. The van der Waals surface area contributed by atoms with Gasteiger partial charge in [-0.05, 0) is 45.5 Å². The smallest absolute Gasteiger partial charge is 0.0846 e. The molecule has 0 N–H and O–H groups in total. The number of benzene rings is 1. The van der Waals surface area contributed by atoms with Crippen LogP contribution in [-0.2, 0) is 18.0 Å². The second-order valence-electron chi connectivity index (χ2n) is 4.39. The van der Waals surface area contributed by atoms with Crippen molar-refractivity contribution < 1.29 is 4.74 Å². The fourth-order valence-electron chi connectivity index (χ4n) is 2.16. The number of hydrogen-bond acceptors (Lipinski definition) is 2. The molecule has 0 amide bonds. The van der Waals surface area contributed by atoms with Gasteiger partial charge in [-0.2, -0.15) is 11.3 Å². The summed E-state index contributed by atoms with van der Waals surface area (Å²) >= 11 is 8.25. The molecule has 3 heteroatoms. The predicted molar refractivity (Wildman–Crippen MR) is 71.7 cm³/mol. The van der Waals surface area contributed by atoms with E-state index in [1.165, 1.54) is 22.3 Å². The first-order valence-electron chi connectivity index (χ1n) is 5.62. The Morgan fingerprint density at radius 2 is 2.06 bits per heavy atom. The van der Waals surface area contributed by atoms with Crippen LogP contribution in [0.25, 0.3) is 0 Å². The number of alkyl halides is 1. The lowest BCUT2D eigenvalue weighted by Gasteiger charge is -2.11. The van der Waals surface area contributed by atoms with E-state index in [4.69, 9.17) is 16.3 Å². The van der Waals surface area contributed by atoms with Crippen LogP contribution in [0.1, 0.15) is 33.2 Å². The molecule has 0 spiro atoms. The van der Waals surface area contributed by atoms with Gasteiger partial charge in [-0.3, -0.25) is 0 Å². The van der Waals surface area contributed by atoms with Gasteiger partial charge in [0, 0.05) is 0 Å². The van der Waals surface area contributed by atoms with Crippen molar-refractivity contribution >= 4 is 22.9 Å². The Hall–Kier alpha value is -0.830. The highest BCUT2D eigenvalue weighted by Gasteiger charge is 2.17. The lowest BCUT2D eigenvalue weighted by Crippen LogP contribution is -1.95. The molecule has 0 fully saturated rings. The minimum Gasteiger partial charge on any atom is -0.372 e. The molecule has 17 heavy (non-hydrogen) atoms. The highest BCUT2D eigenvalue weighted by Crippen LogP contribution is 2.34. The molecule has 1 aliphatic rings. The summed E-state index contributed by atoms with van der Waals surface area (Å²) in [5, 5.41) is 4.23. The average Bonchev–Trinajstić information content (AvgIpc) is 2.95. The van der Waals surface area contributed by atoms with Crippen LogP contribution < -0.4 is 0 Å². The van der Waals surface area contributed by atoms with E-state index in [0.29, 0.717) is 0 Å². The van der Waals surface area contributed by atoms with Gasteiger partial charge >= 0.3 is 0 Å². The van der Waals surface area contributed by atoms with Gasteiger partial charge < -0.3 is 4.74 Å². The van der Waals surface area contributed by atoms with Gasteiger partial charge in [0.15, 0.2) is 0 Å². The third kappa shape index (κ3) is 2.01. The SMILES string of the molecule is Cc1cscc1C(Cl)c1ccc2c(c1)COC2. The molecule has 2 aromatic rings. The van der Waals surface area contributed by atoms with Crippen LogP contribution >= 0.6 is 22.9 Å². The molecule has 1 atom stereocenters. The van der Waals surface area contributed by atoms with Crippen LogP contribution in [0.2, 0.25) is 0 Å². The van der Waals surface area contributed by atoms with E-state index in [2.05, 4.69) is 35.9 Å². The lowest BCUT2D eigenvalue weighted by atomic mass is 10.00. The van der Waals surface area contributed by atoms with Crippen molar-refractivity contribution in [2.45, 2.75) is 25.5 Å². The van der Waals surface area contributed by atoms with Gasteiger partial charge in [-0.25, -0.2) is 0 Å². The molecule has 1 aliphatic heterocycles. The highest BCUT2D eigenvalue weighted by atomic mass is 35.5. The summed E-state index contributed by atoms with van der Waals surface area (Å²) in [6.07, 6.45) is 0. The van der Waals surface area contributed by atoms with Gasteiger partial charge in [0.2, 0.25) is 0 Å². The number of halogens is 1. The molecular formula is C14H13ClOS. The zero-order valence-corrected chi connectivity index (χ0v) is 11.1. The van der Waals surface area contributed by atoms with Crippen LogP contribution in [0.3, 0.4) is 0 Å². The van der Waals surface area contributed by atoms with E-state index in [-0.39, 0.29) is 5.38 Å². The summed E-state index contributed by atoms with van der Waals surface area (Å²) in [5.41, 5.74) is 6.22. The maximum atomic E-state index is 6.55. The summed E-state index contributed by atoms with van der Waals surface area (Å²) in [4.78, 5) is 0. The first-order valence-corrected chi connectivity index (χ1v) is 7.00. The first-order chi connectivity index (χ1) is 8.25. The number of ether oxygens (including phenoxy) is 1. The monoisotopic (exact) mass is 264 g/mol. The molecule has 0 saturated carbocycles. The minimum absolute atomic E-state index is 0.0489. The number of thiophene rings is 1. The van der Waals surface area contributed by atoms with E-state index in [9.17, 15) is 0 Å². The third-order valence-electron chi connectivity index (χ3n) is 3.21. The van der Waals surface area contributed by atoms with E-state index in [1.807, 2.05) is 0 Å². The fraction of sp³-hybridized carbons (Fsp3) is 0.286. The van der Waals surface area contributed by atoms with Gasteiger partial charge in [-0.1, -0.05) is 18.2 Å². The van der Waals surface area contributed by atoms with Gasteiger partial charge in [0.05, 0.1) is 18.6 Å². The molecule has 0 bridgehead atoms. The fourth-order valence-corrected chi connectivity index (χ4v) is 3.48. The molecule has 0 radical (unpaired) electrons. The molecule has 1 unspecified atom stereocenters. The molecule has 1 aromatic heterocycles. The van der Waals surface area contributed by atoms with Crippen LogP contribution in [0.15, 0.2) is 29.0 Å². The Kier molecular flexibility index (Phi) is 2.95.